The largest absolute Gasteiger partial charge is 0.497 e. The first-order valence-electron chi connectivity index (χ1n) is 9.24. The maximum atomic E-state index is 12.6. The highest BCUT2D eigenvalue weighted by Crippen LogP contribution is 2.42. The van der Waals surface area contributed by atoms with Gasteiger partial charge in [-0.1, -0.05) is 12.1 Å². The molecule has 2 aliphatic rings. The third-order valence-corrected chi connectivity index (χ3v) is 5.48. The quantitative estimate of drug-likeness (QED) is 0.794. The van der Waals surface area contributed by atoms with Gasteiger partial charge in [0.2, 0.25) is 5.91 Å². The third kappa shape index (κ3) is 4.53. The summed E-state index contributed by atoms with van der Waals surface area (Å²) in [5.74, 6) is 1.03. The first-order valence-corrected chi connectivity index (χ1v) is 9.24. The lowest BCUT2D eigenvalue weighted by molar-refractivity contribution is -0.132. The SMILES string of the molecule is CCOCC1CC2(CCN(C(=O)Cc3ccc(OC)cc3)CC2)CO1. The number of methoxy groups -OCH3 is 1. The molecule has 0 saturated carbocycles. The van der Waals surface area contributed by atoms with Gasteiger partial charge in [0, 0.05) is 19.7 Å². The molecule has 1 spiro atoms. The van der Waals surface area contributed by atoms with Crippen molar-refractivity contribution in [3.05, 3.63) is 29.8 Å². The van der Waals surface area contributed by atoms with E-state index in [4.69, 9.17) is 14.2 Å². The second kappa shape index (κ2) is 8.19. The molecule has 1 aromatic rings. The van der Waals surface area contributed by atoms with Crippen molar-refractivity contribution in [1.29, 1.82) is 0 Å². The molecule has 0 aliphatic carbocycles. The monoisotopic (exact) mass is 347 g/mol. The Labute approximate surface area is 150 Å². The summed E-state index contributed by atoms with van der Waals surface area (Å²) in [7, 11) is 1.65. The Morgan fingerprint density at radius 1 is 1.28 bits per heavy atom. The van der Waals surface area contributed by atoms with Gasteiger partial charge in [0.1, 0.15) is 5.75 Å². The Bertz CT molecular complexity index is 564. The number of carbonyl (C=O) groups excluding carboxylic acids is 1. The van der Waals surface area contributed by atoms with Crippen LogP contribution in [0.5, 0.6) is 5.75 Å². The highest BCUT2D eigenvalue weighted by atomic mass is 16.5. The summed E-state index contributed by atoms with van der Waals surface area (Å²) in [4.78, 5) is 14.6. The lowest BCUT2D eigenvalue weighted by atomic mass is 9.76. The van der Waals surface area contributed by atoms with Crippen LogP contribution in [0.1, 0.15) is 31.7 Å². The van der Waals surface area contributed by atoms with Crippen LogP contribution in [0.2, 0.25) is 0 Å². The van der Waals surface area contributed by atoms with E-state index in [1.807, 2.05) is 36.1 Å². The molecule has 0 bridgehead atoms. The van der Waals surface area contributed by atoms with Gasteiger partial charge in [-0.2, -0.15) is 0 Å². The first kappa shape index (κ1) is 18.2. The normalized spacial score (nSPS) is 22.3. The van der Waals surface area contributed by atoms with Crippen LogP contribution in [-0.4, -0.2) is 56.9 Å². The highest BCUT2D eigenvalue weighted by molar-refractivity contribution is 5.78. The molecule has 2 heterocycles. The number of nitrogens with zero attached hydrogens (tertiary/aromatic N) is 1. The van der Waals surface area contributed by atoms with E-state index in [0.717, 1.165) is 56.9 Å². The third-order valence-electron chi connectivity index (χ3n) is 5.48. The van der Waals surface area contributed by atoms with Gasteiger partial charge < -0.3 is 19.1 Å². The average molecular weight is 347 g/mol. The molecule has 25 heavy (non-hydrogen) atoms. The molecule has 0 aromatic heterocycles. The molecule has 3 rings (SSSR count). The van der Waals surface area contributed by atoms with Gasteiger partial charge in [-0.05, 0) is 49.3 Å². The van der Waals surface area contributed by atoms with E-state index in [-0.39, 0.29) is 17.4 Å². The van der Waals surface area contributed by atoms with Crippen molar-refractivity contribution in [3.8, 4) is 5.75 Å². The van der Waals surface area contributed by atoms with E-state index in [2.05, 4.69) is 0 Å². The van der Waals surface area contributed by atoms with Gasteiger partial charge in [-0.25, -0.2) is 0 Å². The topological polar surface area (TPSA) is 48.0 Å². The van der Waals surface area contributed by atoms with E-state index < -0.39 is 0 Å². The van der Waals surface area contributed by atoms with Crippen molar-refractivity contribution in [3.63, 3.8) is 0 Å². The van der Waals surface area contributed by atoms with E-state index in [1.165, 1.54) is 0 Å². The standard InChI is InChI=1S/C20H29NO4/c1-3-24-14-18-13-20(15-25-18)8-10-21(11-9-20)19(22)12-16-4-6-17(23-2)7-5-16/h4-7,18H,3,8-15H2,1-2H3. The van der Waals surface area contributed by atoms with Crippen molar-refractivity contribution in [1.82, 2.24) is 4.90 Å². The summed E-state index contributed by atoms with van der Waals surface area (Å²) in [6.45, 7) is 5.92. The molecule has 2 saturated heterocycles. The summed E-state index contributed by atoms with van der Waals surface area (Å²) < 4.78 is 16.6. The number of carbonyl (C=O) groups is 1. The van der Waals surface area contributed by atoms with Crippen LogP contribution in [0, 0.1) is 5.41 Å². The number of piperidine rings is 1. The molecule has 2 aliphatic heterocycles. The fourth-order valence-corrected chi connectivity index (χ4v) is 3.86. The number of likely N-dealkylation sites (tertiary alicyclic amines) is 1. The molecule has 2 fully saturated rings. The number of amides is 1. The van der Waals surface area contributed by atoms with Crippen LogP contribution in [-0.2, 0) is 20.7 Å². The molecule has 5 heteroatoms. The van der Waals surface area contributed by atoms with E-state index in [1.54, 1.807) is 7.11 Å². The molecular weight excluding hydrogens is 318 g/mol. The van der Waals surface area contributed by atoms with E-state index >= 15 is 0 Å². The van der Waals surface area contributed by atoms with Gasteiger partial charge in [-0.3, -0.25) is 4.79 Å². The number of ether oxygens (including phenoxy) is 3. The fourth-order valence-electron chi connectivity index (χ4n) is 3.86. The number of rotatable bonds is 6. The minimum absolute atomic E-state index is 0.213. The van der Waals surface area contributed by atoms with Crippen molar-refractivity contribution in [2.45, 2.75) is 38.7 Å². The zero-order valence-corrected chi connectivity index (χ0v) is 15.3. The minimum atomic E-state index is 0.213. The summed E-state index contributed by atoms with van der Waals surface area (Å²) in [6.07, 6.45) is 3.81. The zero-order chi connectivity index (χ0) is 17.7. The Morgan fingerprint density at radius 2 is 2.00 bits per heavy atom. The molecule has 0 N–H and O–H groups in total. The Balaban J connectivity index is 1.47. The zero-order valence-electron chi connectivity index (χ0n) is 15.3. The molecule has 138 valence electrons. The van der Waals surface area contributed by atoms with Crippen LogP contribution in [0.25, 0.3) is 0 Å². The van der Waals surface area contributed by atoms with Crippen LogP contribution in [0.4, 0.5) is 0 Å². The van der Waals surface area contributed by atoms with Gasteiger partial charge >= 0.3 is 0 Å². The molecule has 0 radical (unpaired) electrons. The molecule has 1 aromatic carbocycles. The van der Waals surface area contributed by atoms with Gasteiger partial charge in [0.25, 0.3) is 0 Å². The Hall–Kier alpha value is -1.59. The van der Waals surface area contributed by atoms with Crippen LogP contribution >= 0.6 is 0 Å². The van der Waals surface area contributed by atoms with Gasteiger partial charge in [-0.15, -0.1) is 0 Å². The number of hydrogen-bond acceptors (Lipinski definition) is 4. The fraction of sp³-hybridized carbons (Fsp3) is 0.650. The molecular formula is C20H29NO4. The van der Waals surface area contributed by atoms with Gasteiger partial charge in [0.05, 0.1) is 32.8 Å². The molecule has 1 amide bonds. The maximum Gasteiger partial charge on any atom is 0.226 e. The van der Waals surface area contributed by atoms with Crippen molar-refractivity contribution >= 4 is 5.91 Å². The van der Waals surface area contributed by atoms with Crippen molar-refractivity contribution in [2.75, 3.05) is 40.0 Å². The number of benzene rings is 1. The predicted octanol–water partition coefficient (Wildman–Crippen LogP) is 2.67. The lowest BCUT2D eigenvalue weighted by Gasteiger charge is -2.38. The second-order valence-corrected chi connectivity index (χ2v) is 7.20. The van der Waals surface area contributed by atoms with E-state index in [9.17, 15) is 4.79 Å². The van der Waals surface area contributed by atoms with Gasteiger partial charge in [0.15, 0.2) is 0 Å². The first-order chi connectivity index (χ1) is 12.1. The summed E-state index contributed by atoms with van der Waals surface area (Å²) in [5.41, 5.74) is 1.28. The Morgan fingerprint density at radius 3 is 2.64 bits per heavy atom. The smallest absolute Gasteiger partial charge is 0.226 e. The average Bonchev–Trinajstić information content (AvgIpc) is 3.03. The van der Waals surface area contributed by atoms with Crippen LogP contribution < -0.4 is 4.74 Å². The molecule has 1 unspecified atom stereocenters. The summed E-state index contributed by atoms with van der Waals surface area (Å²) in [6, 6.07) is 7.74. The Kier molecular flexibility index (Phi) is 5.97. The van der Waals surface area contributed by atoms with E-state index in [0.29, 0.717) is 13.0 Å². The lowest BCUT2D eigenvalue weighted by Crippen LogP contribution is -2.44. The molecule has 1 atom stereocenters. The van der Waals surface area contributed by atoms with Crippen molar-refractivity contribution < 1.29 is 19.0 Å². The van der Waals surface area contributed by atoms with Crippen molar-refractivity contribution in [2.24, 2.45) is 5.41 Å². The predicted molar refractivity (Wildman–Crippen MR) is 95.8 cm³/mol. The minimum Gasteiger partial charge on any atom is -0.497 e. The maximum absolute atomic E-state index is 12.6. The number of hydrogen-bond donors (Lipinski definition) is 0. The van der Waals surface area contributed by atoms with Crippen LogP contribution in [0.15, 0.2) is 24.3 Å². The summed E-state index contributed by atoms with van der Waals surface area (Å²) >= 11 is 0. The molecule has 5 nitrogen and oxygen atoms in total. The van der Waals surface area contributed by atoms with Crippen LogP contribution in [0.3, 0.4) is 0 Å². The second-order valence-electron chi connectivity index (χ2n) is 7.20. The summed E-state index contributed by atoms with van der Waals surface area (Å²) in [5, 5.41) is 0. The highest BCUT2D eigenvalue weighted by Gasteiger charge is 2.42.